The maximum atomic E-state index is 12.9. The average molecular weight is 446 g/mol. The Balaban J connectivity index is 1.56. The van der Waals surface area contributed by atoms with Crippen LogP contribution >= 0.6 is 34.9 Å². The van der Waals surface area contributed by atoms with Gasteiger partial charge >= 0.3 is 0 Å². The van der Waals surface area contributed by atoms with E-state index >= 15 is 0 Å². The van der Waals surface area contributed by atoms with Gasteiger partial charge in [-0.1, -0.05) is 65.2 Å². The Hall–Kier alpha value is -2.03. The molecule has 1 heterocycles. The Labute approximate surface area is 183 Å². The van der Waals surface area contributed by atoms with E-state index in [0.717, 1.165) is 25.9 Å². The minimum absolute atomic E-state index is 0.0753. The standard InChI is InChI=1S/C21H23N3O2S3/c1-4-24(17-8-6-5-7-9-17)19(25)15(2)28-21-23-22-20(29-21)27-14-16-10-12-18(26-3)13-11-16/h5-13,15H,4,14H2,1-3H3. The Morgan fingerprint density at radius 2 is 1.79 bits per heavy atom. The van der Waals surface area contributed by atoms with Crippen LogP contribution in [0.2, 0.25) is 0 Å². The third-order valence-corrected chi connectivity index (χ3v) is 7.48. The van der Waals surface area contributed by atoms with Crippen molar-refractivity contribution >= 4 is 46.5 Å². The first-order valence-corrected chi connectivity index (χ1v) is 11.9. The van der Waals surface area contributed by atoms with Crippen molar-refractivity contribution < 1.29 is 9.53 Å². The lowest BCUT2D eigenvalue weighted by molar-refractivity contribution is -0.117. The van der Waals surface area contributed by atoms with Gasteiger partial charge in [-0.25, -0.2) is 0 Å². The molecule has 1 aromatic heterocycles. The molecule has 1 amide bonds. The van der Waals surface area contributed by atoms with Crippen molar-refractivity contribution in [1.82, 2.24) is 10.2 Å². The van der Waals surface area contributed by atoms with Gasteiger partial charge in [-0.3, -0.25) is 4.79 Å². The Kier molecular flexibility index (Phi) is 7.97. The van der Waals surface area contributed by atoms with Crippen LogP contribution in [-0.2, 0) is 10.5 Å². The number of rotatable bonds is 9. The van der Waals surface area contributed by atoms with Gasteiger partial charge in [0.25, 0.3) is 0 Å². The zero-order chi connectivity index (χ0) is 20.6. The summed E-state index contributed by atoms with van der Waals surface area (Å²) in [7, 11) is 1.66. The van der Waals surface area contributed by atoms with Crippen LogP contribution in [0.5, 0.6) is 5.75 Å². The highest BCUT2D eigenvalue weighted by molar-refractivity contribution is 8.03. The number of nitrogens with zero attached hydrogens (tertiary/aromatic N) is 3. The van der Waals surface area contributed by atoms with Crippen molar-refractivity contribution in [3.8, 4) is 5.75 Å². The molecule has 0 N–H and O–H groups in total. The van der Waals surface area contributed by atoms with Crippen molar-refractivity contribution in [3.05, 3.63) is 60.2 Å². The third-order valence-electron chi connectivity index (χ3n) is 4.18. The summed E-state index contributed by atoms with van der Waals surface area (Å²) in [6, 6.07) is 17.8. The highest BCUT2D eigenvalue weighted by Crippen LogP contribution is 2.33. The Bertz CT molecular complexity index is 916. The summed E-state index contributed by atoms with van der Waals surface area (Å²) in [5, 5.41) is 8.28. The number of carbonyl (C=O) groups is 1. The van der Waals surface area contributed by atoms with Crippen LogP contribution in [0.25, 0.3) is 0 Å². The summed E-state index contributed by atoms with van der Waals surface area (Å²) < 4.78 is 6.90. The second kappa shape index (κ2) is 10.7. The maximum absolute atomic E-state index is 12.9. The van der Waals surface area contributed by atoms with Crippen molar-refractivity contribution in [1.29, 1.82) is 0 Å². The zero-order valence-electron chi connectivity index (χ0n) is 16.6. The second-order valence-corrected chi connectivity index (χ2v) is 9.94. The predicted octanol–water partition coefficient (Wildman–Crippen LogP) is 5.37. The van der Waals surface area contributed by atoms with Crippen LogP contribution in [0.3, 0.4) is 0 Å². The van der Waals surface area contributed by atoms with E-state index in [1.165, 1.54) is 28.7 Å². The minimum atomic E-state index is -0.234. The average Bonchev–Trinajstić information content (AvgIpc) is 3.21. The summed E-state index contributed by atoms with van der Waals surface area (Å²) in [5.74, 6) is 1.74. The number of para-hydroxylation sites is 1. The zero-order valence-corrected chi connectivity index (χ0v) is 19.0. The molecule has 0 saturated carbocycles. The van der Waals surface area contributed by atoms with Crippen LogP contribution in [0.1, 0.15) is 19.4 Å². The number of methoxy groups -OCH3 is 1. The largest absolute Gasteiger partial charge is 0.497 e. The van der Waals surface area contributed by atoms with Gasteiger partial charge in [0.05, 0.1) is 12.4 Å². The predicted molar refractivity (Wildman–Crippen MR) is 122 cm³/mol. The molecule has 0 bridgehead atoms. The minimum Gasteiger partial charge on any atom is -0.497 e. The molecular formula is C21H23N3O2S3. The number of carbonyl (C=O) groups excluding carboxylic acids is 1. The van der Waals surface area contributed by atoms with Gasteiger partial charge in [-0.15, -0.1) is 10.2 Å². The van der Waals surface area contributed by atoms with Gasteiger partial charge in [0.2, 0.25) is 5.91 Å². The van der Waals surface area contributed by atoms with E-state index in [9.17, 15) is 4.79 Å². The number of benzene rings is 2. The summed E-state index contributed by atoms with van der Waals surface area (Å²) in [4.78, 5) is 14.7. The molecule has 1 atom stereocenters. The van der Waals surface area contributed by atoms with Crippen molar-refractivity contribution in [3.63, 3.8) is 0 Å². The van der Waals surface area contributed by atoms with Gasteiger partial charge in [0.1, 0.15) is 5.75 Å². The van der Waals surface area contributed by atoms with Gasteiger partial charge in [0.15, 0.2) is 8.68 Å². The summed E-state index contributed by atoms with van der Waals surface area (Å²) in [5.41, 5.74) is 2.12. The van der Waals surface area contributed by atoms with Crippen LogP contribution < -0.4 is 9.64 Å². The van der Waals surface area contributed by atoms with E-state index < -0.39 is 0 Å². The molecule has 2 aromatic carbocycles. The van der Waals surface area contributed by atoms with Crippen LogP contribution in [0, 0.1) is 0 Å². The summed E-state index contributed by atoms with van der Waals surface area (Å²) in [6.45, 7) is 4.54. The number of anilines is 1. The number of amides is 1. The fraction of sp³-hybridized carbons (Fsp3) is 0.286. The highest BCUT2D eigenvalue weighted by Gasteiger charge is 2.23. The molecule has 3 aromatic rings. The molecule has 0 spiro atoms. The Morgan fingerprint density at radius 1 is 1.10 bits per heavy atom. The summed E-state index contributed by atoms with van der Waals surface area (Å²) >= 11 is 4.64. The van der Waals surface area contributed by atoms with Gasteiger partial charge in [-0.05, 0) is 43.7 Å². The lowest BCUT2D eigenvalue weighted by Gasteiger charge is -2.23. The van der Waals surface area contributed by atoms with Crippen LogP contribution in [0.15, 0.2) is 63.3 Å². The van der Waals surface area contributed by atoms with Gasteiger partial charge < -0.3 is 9.64 Å². The first-order chi connectivity index (χ1) is 14.1. The van der Waals surface area contributed by atoms with Gasteiger partial charge in [-0.2, -0.15) is 0 Å². The van der Waals surface area contributed by atoms with Crippen LogP contribution in [-0.4, -0.2) is 35.0 Å². The molecule has 0 fully saturated rings. The quantitative estimate of drug-likeness (QED) is 0.413. The maximum Gasteiger partial charge on any atom is 0.240 e. The lowest BCUT2D eigenvalue weighted by atomic mass is 10.2. The molecule has 1 unspecified atom stereocenters. The topological polar surface area (TPSA) is 55.3 Å². The van der Waals surface area contributed by atoms with E-state index in [4.69, 9.17) is 4.74 Å². The van der Waals surface area contributed by atoms with Gasteiger partial charge in [0, 0.05) is 18.0 Å². The molecule has 5 nitrogen and oxygen atoms in total. The van der Waals surface area contributed by atoms with Crippen LogP contribution in [0.4, 0.5) is 5.69 Å². The molecule has 0 saturated heterocycles. The smallest absolute Gasteiger partial charge is 0.240 e. The van der Waals surface area contributed by atoms with E-state index in [1.54, 1.807) is 23.8 Å². The second-order valence-electron chi connectivity index (χ2n) is 6.15. The van der Waals surface area contributed by atoms with E-state index in [-0.39, 0.29) is 11.2 Å². The number of ether oxygens (including phenoxy) is 1. The molecular weight excluding hydrogens is 422 g/mol. The van der Waals surface area contributed by atoms with E-state index in [0.29, 0.717) is 6.54 Å². The number of thioether (sulfide) groups is 2. The number of hydrogen-bond donors (Lipinski definition) is 0. The highest BCUT2D eigenvalue weighted by atomic mass is 32.2. The van der Waals surface area contributed by atoms with E-state index in [2.05, 4.69) is 10.2 Å². The monoisotopic (exact) mass is 445 g/mol. The molecule has 0 aliphatic rings. The van der Waals surface area contributed by atoms with Crippen molar-refractivity contribution in [2.75, 3.05) is 18.6 Å². The first-order valence-electron chi connectivity index (χ1n) is 9.23. The molecule has 3 rings (SSSR count). The number of hydrogen-bond acceptors (Lipinski definition) is 7. The van der Waals surface area contributed by atoms with Crippen molar-refractivity contribution in [2.45, 2.75) is 33.5 Å². The fourth-order valence-corrected chi connectivity index (χ4v) is 5.85. The molecule has 0 radical (unpaired) electrons. The first kappa shape index (κ1) is 21.7. The van der Waals surface area contributed by atoms with Crippen molar-refractivity contribution in [2.24, 2.45) is 0 Å². The SMILES string of the molecule is CCN(C(=O)C(C)Sc1nnc(SCc2ccc(OC)cc2)s1)c1ccccc1. The molecule has 29 heavy (non-hydrogen) atoms. The number of aromatic nitrogens is 2. The van der Waals surface area contributed by atoms with E-state index in [1.807, 2.05) is 68.4 Å². The normalized spacial score (nSPS) is 11.8. The molecule has 0 aliphatic heterocycles. The molecule has 8 heteroatoms. The lowest BCUT2D eigenvalue weighted by Crippen LogP contribution is -2.36. The summed E-state index contributed by atoms with van der Waals surface area (Å²) in [6.07, 6.45) is 0. The molecule has 152 valence electrons. The third kappa shape index (κ3) is 5.98. The fourth-order valence-electron chi connectivity index (χ4n) is 2.66. The molecule has 0 aliphatic carbocycles. The Morgan fingerprint density at radius 3 is 2.45 bits per heavy atom.